The van der Waals surface area contributed by atoms with Crippen LogP contribution < -0.4 is 0 Å². The van der Waals surface area contributed by atoms with Crippen LogP contribution in [0.5, 0.6) is 0 Å². The Bertz CT molecular complexity index is 514. The molecule has 5 nitrogen and oxygen atoms in total. The SMILES string of the molecule is COC(=O)c1sccc1CN1CCCN(C2CCOCC2)CC1. The Morgan fingerprint density at radius 1 is 1.30 bits per heavy atom. The summed E-state index contributed by atoms with van der Waals surface area (Å²) in [5.41, 5.74) is 1.10. The second-order valence-electron chi connectivity index (χ2n) is 6.28. The van der Waals surface area contributed by atoms with E-state index in [9.17, 15) is 4.79 Å². The van der Waals surface area contributed by atoms with E-state index in [4.69, 9.17) is 9.47 Å². The van der Waals surface area contributed by atoms with Crippen LogP contribution in [-0.4, -0.2) is 68.3 Å². The van der Waals surface area contributed by atoms with E-state index < -0.39 is 0 Å². The van der Waals surface area contributed by atoms with Crippen LogP contribution in [0.1, 0.15) is 34.5 Å². The lowest BCUT2D eigenvalue weighted by Crippen LogP contribution is -2.41. The summed E-state index contributed by atoms with van der Waals surface area (Å²) >= 11 is 1.47. The van der Waals surface area contributed by atoms with Crippen molar-refractivity contribution in [2.24, 2.45) is 0 Å². The van der Waals surface area contributed by atoms with Crippen LogP contribution in [0.2, 0.25) is 0 Å². The Labute approximate surface area is 142 Å². The van der Waals surface area contributed by atoms with Crippen LogP contribution in [0.15, 0.2) is 11.4 Å². The van der Waals surface area contributed by atoms with Crippen LogP contribution in [0.25, 0.3) is 0 Å². The summed E-state index contributed by atoms with van der Waals surface area (Å²) in [4.78, 5) is 17.7. The molecule has 0 spiro atoms. The van der Waals surface area contributed by atoms with Gasteiger partial charge in [0.25, 0.3) is 0 Å². The molecule has 0 amide bonds. The van der Waals surface area contributed by atoms with E-state index in [1.165, 1.54) is 31.4 Å². The molecule has 2 aliphatic rings. The van der Waals surface area contributed by atoms with E-state index in [-0.39, 0.29) is 5.97 Å². The highest BCUT2D eigenvalue weighted by Crippen LogP contribution is 2.21. The molecule has 2 aliphatic heterocycles. The lowest BCUT2D eigenvalue weighted by molar-refractivity contribution is 0.0353. The molecular weight excluding hydrogens is 312 g/mol. The van der Waals surface area contributed by atoms with Gasteiger partial charge in [-0.2, -0.15) is 0 Å². The van der Waals surface area contributed by atoms with Crippen molar-refractivity contribution in [2.75, 3.05) is 46.5 Å². The van der Waals surface area contributed by atoms with Crippen LogP contribution >= 0.6 is 11.3 Å². The number of methoxy groups -OCH3 is 1. The molecule has 2 fully saturated rings. The number of carbonyl (C=O) groups excluding carboxylic acids is 1. The van der Waals surface area contributed by atoms with Gasteiger partial charge < -0.3 is 9.47 Å². The summed E-state index contributed by atoms with van der Waals surface area (Å²) in [5.74, 6) is -0.214. The summed E-state index contributed by atoms with van der Waals surface area (Å²) in [5, 5.41) is 1.98. The van der Waals surface area contributed by atoms with Gasteiger partial charge in [-0.15, -0.1) is 11.3 Å². The van der Waals surface area contributed by atoms with Crippen LogP contribution in [0.3, 0.4) is 0 Å². The fourth-order valence-corrected chi connectivity index (χ4v) is 4.37. The second kappa shape index (κ2) is 8.24. The maximum Gasteiger partial charge on any atom is 0.348 e. The lowest BCUT2D eigenvalue weighted by Gasteiger charge is -2.33. The van der Waals surface area contributed by atoms with Crippen molar-refractivity contribution < 1.29 is 14.3 Å². The minimum Gasteiger partial charge on any atom is -0.465 e. The van der Waals surface area contributed by atoms with Gasteiger partial charge in [0.05, 0.1) is 7.11 Å². The zero-order valence-electron chi connectivity index (χ0n) is 13.8. The standard InChI is InChI=1S/C17H26N2O3S/c1-21-17(20)16-14(5-12-23-16)13-18-6-2-7-19(9-8-18)15-3-10-22-11-4-15/h5,12,15H,2-4,6-11,13H2,1H3. The first-order chi connectivity index (χ1) is 11.3. The molecule has 1 aromatic heterocycles. The molecule has 1 aromatic rings. The smallest absolute Gasteiger partial charge is 0.348 e. The van der Waals surface area contributed by atoms with Crippen molar-refractivity contribution in [3.05, 3.63) is 21.9 Å². The molecule has 0 atom stereocenters. The average molecular weight is 338 g/mol. The molecule has 0 unspecified atom stereocenters. The molecule has 128 valence electrons. The third kappa shape index (κ3) is 4.32. The first kappa shape index (κ1) is 16.9. The molecular formula is C17H26N2O3S. The van der Waals surface area contributed by atoms with Gasteiger partial charge >= 0.3 is 5.97 Å². The summed E-state index contributed by atoms with van der Waals surface area (Å²) in [6.07, 6.45) is 3.52. The molecule has 0 aliphatic carbocycles. The summed E-state index contributed by atoms with van der Waals surface area (Å²) in [6, 6.07) is 2.74. The lowest BCUT2D eigenvalue weighted by atomic mass is 10.1. The Morgan fingerprint density at radius 3 is 2.91 bits per heavy atom. The summed E-state index contributed by atoms with van der Waals surface area (Å²) in [7, 11) is 1.45. The average Bonchev–Trinajstić information content (AvgIpc) is 2.92. The number of rotatable bonds is 4. The highest BCUT2D eigenvalue weighted by Gasteiger charge is 2.24. The number of thiophene rings is 1. The van der Waals surface area contributed by atoms with Gasteiger partial charge in [0, 0.05) is 38.9 Å². The molecule has 3 heterocycles. The molecule has 23 heavy (non-hydrogen) atoms. The number of hydrogen-bond acceptors (Lipinski definition) is 6. The molecule has 2 saturated heterocycles. The Hall–Kier alpha value is -0.950. The highest BCUT2D eigenvalue weighted by atomic mass is 32.1. The van der Waals surface area contributed by atoms with Gasteiger partial charge in [-0.05, 0) is 49.4 Å². The van der Waals surface area contributed by atoms with Gasteiger partial charge in [-0.1, -0.05) is 0 Å². The monoisotopic (exact) mass is 338 g/mol. The highest BCUT2D eigenvalue weighted by molar-refractivity contribution is 7.12. The zero-order valence-corrected chi connectivity index (χ0v) is 14.6. The molecule has 0 bridgehead atoms. The third-order valence-electron chi connectivity index (χ3n) is 4.84. The first-order valence-electron chi connectivity index (χ1n) is 8.47. The Balaban J connectivity index is 1.56. The normalized spacial score (nSPS) is 22.0. The fraction of sp³-hybridized carbons (Fsp3) is 0.706. The van der Waals surface area contributed by atoms with Gasteiger partial charge in [0.2, 0.25) is 0 Å². The predicted octanol–water partition coefficient (Wildman–Crippen LogP) is 2.22. The molecule has 3 rings (SSSR count). The van der Waals surface area contributed by atoms with Crippen molar-refractivity contribution in [2.45, 2.75) is 31.8 Å². The Morgan fingerprint density at radius 2 is 2.13 bits per heavy atom. The van der Waals surface area contributed by atoms with E-state index in [0.717, 1.165) is 62.7 Å². The van der Waals surface area contributed by atoms with Crippen LogP contribution in [-0.2, 0) is 16.0 Å². The van der Waals surface area contributed by atoms with Crippen molar-refractivity contribution in [3.63, 3.8) is 0 Å². The minimum atomic E-state index is -0.214. The fourth-order valence-electron chi connectivity index (χ4n) is 3.54. The van der Waals surface area contributed by atoms with E-state index in [2.05, 4.69) is 15.9 Å². The maximum atomic E-state index is 11.8. The zero-order chi connectivity index (χ0) is 16.1. The molecule has 0 saturated carbocycles. The maximum absolute atomic E-state index is 11.8. The van der Waals surface area contributed by atoms with Gasteiger partial charge in [0.15, 0.2) is 0 Å². The number of esters is 1. The van der Waals surface area contributed by atoms with Gasteiger partial charge in [-0.25, -0.2) is 4.79 Å². The van der Waals surface area contributed by atoms with Gasteiger partial charge in [-0.3, -0.25) is 9.80 Å². The molecule has 0 radical (unpaired) electrons. The second-order valence-corrected chi connectivity index (χ2v) is 7.19. The summed E-state index contributed by atoms with van der Waals surface area (Å²) < 4.78 is 10.4. The van der Waals surface area contributed by atoms with E-state index in [1.54, 1.807) is 0 Å². The predicted molar refractivity (Wildman–Crippen MR) is 91.0 cm³/mol. The van der Waals surface area contributed by atoms with Crippen molar-refractivity contribution >= 4 is 17.3 Å². The van der Waals surface area contributed by atoms with Gasteiger partial charge in [0.1, 0.15) is 4.88 Å². The molecule has 6 heteroatoms. The minimum absolute atomic E-state index is 0.214. The van der Waals surface area contributed by atoms with Crippen molar-refractivity contribution in [3.8, 4) is 0 Å². The summed E-state index contributed by atoms with van der Waals surface area (Å²) in [6.45, 7) is 7.10. The molecule has 0 aromatic carbocycles. The van der Waals surface area contributed by atoms with Crippen LogP contribution in [0.4, 0.5) is 0 Å². The van der Waals surface area contributed by atoms with E-state index in [0.29, 0.717) is 6.04 Å². The number of hydrogen-bond donors (Lipinski definition) is 0. The largest absolute Gasteiger partial charge is 0.465 e. The topological polar surface area (TPSA) is 42.0 Å². The third-order valence-corrected chi connectivity index (χ3v) is 5.78. The van der Waals surface area contributed by atoms with E-state index in [1.807, 2.05) is 5.38 Å². The number of nitrogens with zero attached hydrogens (tertiary/aromatic N) is 2. The Kier molecular flexibility index (Phi) is 6.05. The van der Waals surface area contributed by atoms with Crippen LogP contribution in [0, 0.1) is 0 Å². The number of carbonyl (C=O) groups is 1. The quantitative estimate of drug-likeness (QED) is 0.788. The van der Waals surface area contributed by atoms with Crippen molar-refractivity contribution in [1.82, 2.24) is 9.80 Å². The molecule has 0 N–H and O–H groups in total. The van der Waals surface area contributed by atoms with Crippen molar-refractivity contribution in [1.29, 1.82) is 0 Å². The first-order valence-corrected chi connectivity index (χ1v) is 9.34. The van der Waals surface area contributed by atoms with E-state index >= 15 is 0 Å². The number of ether oxygens (including phenoxy) is 2.